The lowest BCUT2D eigenvalue weighted by Crippen LogP contribution is -2.32. The fourth-order valence-electron chi connectivity index (χ4n) is 3.67. The van der Waals surface area contributed by atoms with E-state index in [1.165, 1.54) is 30.4 Å². The largest absolute Gasteiger partial charge is 0.385 e. The second-order valence-electron chi connectivity index (χ2n) is 5.80. The molecule has 0 radical (unpaired) electrons. The number of benzene rings is 1. The Balaban J connectivity index is 2.00. The summed E-state index contributed by atoms with van der Waals surface area (Å²) in [7, 11) is 0. The monoisotopic (exact) mass is 216 g/mol. The molecular weight excluding hydrogens is 196 g/mol. The second-order valence-corrected chi connectivity index (χ2v) is 5.80. The third-order valence-electron chi connectivity index (χ3n) is 4.82. The first-order chi connectivity index (χ1) is 7.59. The zero-order chi connectivity index (χ0) is 11.3. The van der Waals surface area contributed by atoms with Crippen LogP contribution < -0.4 is 0 Å². The third kappa shape index (κ3) is 1.34. The molecule has 0 aromatic heterocycles. The van der Waals surface area contributed by atoms with Crippen LogP contribution in [-0.4, -0.2) is 5.11 Å². The molecule has 2 aliphatic carbocycles. The predicted molar refractivity (Wildman–Crippen MR) is 65.3 cm³/mol. The Morgan fingerprint density at radius 3 is 2.56 bits per heavy atom. The minimum atomic E-state index is -0.513. The van der Waals surface area contributed by atoms with Crippen molar-refractivity contribution in [3.05, 3.63) is 34.9 Å². The summed E-state index contributed by atoms with van der Waals surface area (Å²) in [6.07, 6.45) is 4.77. The Kier molecular flexibility index (Phi) is 2.16. The first-order valence-electron chi connectivity index (χ1n) is 6.40. The summed E-state index contributed by atoms with van der Waals surface area (Å²) in [6, 6.07) is 6.47. The Bertz CT molecular complexity index is 423. The highest BCUT2D eigenvalue weighted by Crippen LogP contribution is 2.55. The standard InChI is InChI=1S/C15H20O/c1-10-3-5-13(7-11(10)2)15(16)9-12-4-6-14(15)8-12/h3,5,7,12,14,16H,4,6,8-9H2,1-2H3. The van der Waals surface area contributed by atoms with E-state index in [1.54, 1.807) is 0 Å². The quantitative estimate of drug-likeness (QED) is 0.763. The topological polar surface area (TPSA) is 20.2 Å². The normalized spacial score (nSPS) is 36.9. The number of aliphatic hydroxyl groups is 1. The number of hydrogen-bond acceptors (Lipinski definition) is 1. The number of hydrogen-bond donors (Lipinski definition) is 1. The van der Waals surface area contributed by atoms with Gasteiger partial charge in [0.25, 0.3) is 0 Å². The Labute approximate surface area is 97.5 Å². The second kappa shape index (κ2) is 3.33. The molecule has 0 spiro atoms. The Morgan fingerprint density at radius 2 is 2.00 bits per heavy atom. The van der Waals surface area contributed by atoms with Gasteiger partial charge in [-0.25, -0.2) is 0 Å². The first kappa shape index (κ1) is 10.3. The van der Waals surface area contributed by atoms with Gasteiger partial charge in [0.05, 0.1) is 5.60 Å². The molecule has 1 aromatic carbocycles. The summed E-state index contributed by atoms with van der Waals surface area (Å²) in [5, 5.41) is 10.9. The summed E-state index contributed by atoms with van der Waals surface area (Å²) < 4.78 is 0. The summed E-state index contributed by atoms with van der Waals surface area (Å²) in [5.41, 5.74) is 3.26. The van der Waals surface area contributed by atoms with E-state index in [4.69, 9.17) is 0 Å². The number of aryl methyl sites for hydroxylation is 2. The van der Waals surface area contributed by atoms with Crippen molar-refractivity contribution in [1.29, 1.82) is 0 Å². The minimum absolute atomic E-state index is 0.513. The molecule has 1 heteroatoms. The van der Waals surface area contributed by atoms with E-state index in [-0.39, 0.29) is 0 Å². The van der Waals surface area contributed by atoms with Crippen molar-refractivity contribution in [2.45, 2.75) is 45.1 Å². The Hall–Kier alpha value is -0.820. The van der Waals surface area contributed by atoms with Crippen molar-refractivity contribution < 1.29 is 5.11 Å². The van der Waals surface area contributed by atoms with Gasteiger partial charge < -0.3 is 5.11 Å². The van der Waals surface area contributed by atoms with Crippen LogP contribution in [0.5, 0.6) is 0 Å². The highest BCUT2D eigenvalue weighted by Gasteiger charge is 2.50. The zero-order valence-corrected chi connectivity index (χ0v) is 10.2. The summed E-state index contributed by atoms with van der Waals surface area (Å²) in [4.78, 5) is 0. The van der Waals surface area contributed by atoms with Gasteiger partial charge in [0.1, 0.15) is 0 Å². The zero-order valence-electron chi connectivity index (χ0n) is 10.2. The molecule has 3 rings (SSSR count). The van der Waals surface area contributed by atoms with E-state index in [1.807, 2.05) is 0 Å². The van der Waals surface area contributed by atoms with E-state index in [0.29, 0.717) is 5.92 Å². The van der Waals surface area contributed by atoms with E-state index < -0.39 is 5.60 Å². The minimum Gasteiger partial charge on any atom is -0.385 e. The highest BCUT2D eigenvalue weighted by atomic mass is 16.3. The van der Waals surface area contributed by atoms with Crippen molar-refractivity contribution in [1.82, 2.24) is 0 Å². The fraction of sp³-hybridized carbons (Fsp3) is 0.600. The van der Waals surface area contributed by atoms with Gasteiger partial charge in [-0.1, -0.05) is 18.2 Å². The van der Waals surface area contributed by atoms with Crippen molar-refractivity contribution in [3.8, 4) is 0 Å². The van der Waals surface area contributed by atoms with Gasteiger partial charge in [-0.05, 0) is 68.1 Å². The molecule has 2 fully saturated rings. The van der Waals surface area contributed by atoms with Crippen LogP contribution in [0.4, 0.5) is 0 Å². The van der Waals surface area contributed by atoms with Gasteiger partial charge in [0.15, 0.2) is 0 Å². The summed E-state index contributed by atoms with van der Waals surface area (Å²) in [6.45, 7) is 4.26. The maximum absolute atomic E-state index is 10.9. The van der Waals surface area contributed by atoms with Crippen LogP contribution in [0.2, 0.25) is 0 Å². The molecule has 0 amide bonds. The lowest BCUT2D eigenvalue weighted by molar-refractivity contribution is -0.0182. The van der Waals surface area contributed by atoms with Crippen LogP contribution in [0, 0.1) is 25.7 Å². The van der Waals surface area contributed by atoms with Crippen molar-refractivity contribution in [2.75, 3.05) is 0 Å². The van der Waals surface area contributed by atoms with Crippen LogP contribution in [0.1, 0.15) is 42.4 Å². The van der Waals surface area contributed by atoms with Gasteiger partial charge in [-0.15, -0.1) is 0 Å². The molecule has 3 unspecified atom stereocenters. The molecule has 0 aliphatic heterocycles. The van der Waals surface area contributed by atoms with Gasteiger partial charge in [-0.2, -0.15) is 0 Å². The summed E-state index contributed by atoms with van der Waals surface area (Å²) >= 11 is 0. The smallest absolute Gasteiger partial charge is 0.0927 e. The number of rotatable bonds is 1. The molecule has 1 aromatic rings. The van der Waals surface area contributed by atoms with Crippen LogP contribution in [0.25, 0.3) is 0 Å². The SMILES string of the molecule is Cc1ccc(C2(O)CC3CCC2C3)cc1C. The predicted octanol–water partition coefficient (Wildman–Crippen LogP) is 3.31. The average Bonchev–Trinajstić information content (AvgIpc) is 2.82. The van der Waals surface area contributed by atoms with Crippen LogP contribution in [-0.2, 0) is 5.60 Å². The van der Waals surface area contributed by atoms with Crippen LogP contribution in [0.15, 0.2) is 18.2 Å². The van der Waals surface area contributed by atoms with E-state index in [9.17, 15) is 5.11 Å². The molecule has 2 bridgehead atoms. The fourth-order valence-corrected chi connectivity index (χ4v) is 3.67. The van der Waals surface area contributed by atoms with Gasteiger partial charge in [0, 0.05) is 0 Å². The maximum Gasteiger partial charge on any atom is 0.0927 e. The van der Waals surface area contributed by atoms with Crippen molar-refractivity contribution in [3.63, 3.8) is 0 Å². The molecule has 1 nitrogen and oxygen atoms in total. The molecule has 2 aliphatic rings. The number of fused-ring (bicyclic) bond motifs is 2. The van der Waals surface area contributed by atoms with E-state index >= 15 is 0 Å². The molecule has 0 saturated heterocycles. The van der Waals surface area contributed by atoms with Crippen LogP contribution >= 0.6 is 0 Å². The molecule has 16 heavy (non-hydrogen) atoms. The lowest BCUT2D eigenvalue weighted by atomic mass is 9.78. The van der Waals surface area contributed by atoms with E-state index in [2.05, 4.69) is 32.0 Å². The Morgan fingerprint density at radius 1 is 1.19 bits per heavy atom. The average molecular weight is 216 g/mol. The lowest BCUT2D eigenvalue weighted by Gasteiger charge is -2.33. The third-order valence-corrected chi connectivity index (χ3v) is 4.82. The first-order valence-corrected chi connectivity index (χ1v) is 6.40. The van der Waals surface area contributed by atoms with Gasteiger partial charge in [-0.3, -0.25) is 0 Å². The van der Waals surface area contributed by atoms with Crippen molar-refractivity contribution >= 4 is 0 Å². The summed E-state index contributed by atoms with van der Waals surface area (Å²) in [5.74, 6) is 1.29. The molecule has 3 atom stereocenters. The van der Waals surface area contributed by atoms with Crippen molar-refractivity contribution in [2.24, 2.45) is 11.8 Å². The molecule has 2 saturated carbocycles. The molecular formula is C15H20O. The van der Waals surface area contributed by atoms with Crippen LogP contribution in [0.3, 0.4) is 0 Å². The molecule has 0 heterocycles. The maximum atomic E-state index is 10.9. The van der Waals surface area contributed by atoms with Gasteiger partial charge >= 0.3 is 0 Å². The highest BCUT2D eigenvalue weighted by molar-refractivity contribution is 5.35. The van der Waals surface area contributed by atoms with E-state index in [0.717, 1.165) is 17.9 Å². The molecule has 86 valence electrons. The molecule has 1 N–H and O–H groups in total. The van der Waals surface area contributed by atoms with Gasteiger partial charge in [0.2, 0.25) is 0 Å².